The van der Waals surface area contributed by atoms with Gasteiger partial charge in [-0.15, -0.1) is 11.6 Å². The van der Waals surface area contributed by atoms with Gasteiger partial charge in [-0.2, -0.15) is 0 Å². The number of hydrogen-bond acceptors (Lipinski definition) is 3. The Morgan fingerprint density at radius 2 is 2.21 bits per heavy atom. The smallest absolute Gasteiger partial charge is 0.225 e. The Morgan fingerprint density at radius 3 is 2.89 bits per heavy atom. The number of halogens is 1. The molecule has 106 valence electrons. The lowest BCUT2D eigenvalue weighted by Crippen LogP contribution is -2.37. The largest absolute Gasteiger partial charge is 0.341 e. The normalized spacial score (nSPS) is 20.1. The van der Waals surface area contributed by atoms with E-state index < -0.39 is 0 Å². The topological polar surface area (TPSA) is 29.0 Å². The van der Waals surface area contributed by atoms with Gasteiger partial charge in [0.2, 0.25) is 5.95 Å². The average Bonchev–Trinajstić information content (AvgIpc) is 2.38. The molecule has 2 rings (SSSR count). The summed E-state index contributed by atoms with van der Waals surface area (Å²) in [4.78, 5) is 11.7. The first kappa shape index (κ1) is 14.6. The molecule has 1 aliphatic rings. The summed E-state index contributed by atoms with van der Waals surface area (Å²) in [5.41, 5.74) is 2.20. The maximum atomic E-state index is 5.87. The van der Waals surface area contributed by atoms with Crippen molar-refractivity contribution in [2.45, 2.75) is 46.0 Å². The third kappa shape index (κ3) is 3.82. The molecule has 0 saturated carbocycles. The van der Waals surface area contributed by atoms with Crippen molar-refractivity contribution < 1.29 is 0 Å². The zero-order valence-electron chi connectivity index (χ0n) is 12.2. The van der Waals surface area contributed by atoms with Gasteiger partial charge in [0.15, 0.2) is 0 Å². The van der Waals surface area contributed by atoms with Gasteiger partial charge in [0.1, 0.15) is 0 Å². The van der Waals surface area contributed by atoms with Crippen molar-refractivity contribution in [1.29, 1.82) is 0 Å². The zero-order chi connectivity index (χ0) is 13.8. The molecule has 0 spiro atoms. The summed E-state index contributed by atoms with van der Waals surface area (Å²) in [5, 5.41) is 0. The van der Waals surface area contributed by atoms with Gasteiger partial charge < -0.3 is 4.90 Å². The quantitative estimate of drug-likeness (QED) is 0.787. The molecule has 19 heavy (non-hydrogen) atoms. The van der Waals surface area contributed by atoms with Crippen LogP contribution in [0.5, 0.6) is 0 Å². The Morgan fingerprint density at radius 1 is 1.42 bits per heavy atom. The SMILES string of the molecule is Cc1cc(C(C)C)nc(N2CCCC(CCCl)C2)n1. The fourth-order valence-corrected chi connectivity index (χ4v) is 2.96. The molecule has 1 aliphatic heterocycles. The summed E-state index contributed by atoms with van der Waals surface area (Å²) in [7, 11) is 0. The minimum absolute atomic E-state index is 0.448. The van der Waals surface area contributed by atoms with Crippen molar-refractivity contribution in [3.05, 3.63) is 17.5 Å². The molecule has 4 heteroatoms. The van der Waals surface area contributed by atoms with E-state index in [1.807, 2.05) is 0 Å². The van der Waals surface area contributed by atoms with Crippen LogP contribution >= 0.6 is 11.6 Å². The van der Waals surface area contributed by atoms with Gasteiger partial charge in [0, 0.05) is 30.4 Å². The van der Waals surface area contributed by atoms with Crippen LogP contribution in [0.2, 0.25) is 0 Å². The lowest BCUT2D eigenvalue weighted by molar-refractivity contribution is 0.402. The fraction of sp³-hybridized carbons (Fsp3) is 0.733. The number of nitrogens with zero attached hydrogens (tertiary/aromatic N) is 3. The summed E-state index contributed by atoms with van der Waals surface area (Å²) in [6, 6.07) is 2.09. The van der Waals surface area contributed by atoms with Gasteiger partial charge in [0.05, 0.1) is 0 Å². The van der Waals surface area contributed by atoms with Crippen LogP contribution in [0.25, 0.3) is 0 Å². The van der Waals surface area contributed by atoms with Crippen LogP contribution in [0.1, 0.15) is 50.4 Å². The molecule has 0 N–H and O–H groups in total. The average molecular weight is 282 g/mol. The van der Waals surface area contributed by atoms with Crippen LogP contribution in [0.15, 0.2) is 6.07 Å². The highest BCUT2D eigenvalue weighted by atomic mass is 35.5. The van der Waals surface area contributed by atoms with E-state index in [9.17, 15) is 0 Å². The third-order valence-electron chi connectivity index (χ3n) is 3.77. The first-order valence-corrected chi connectivity index (χ1v) is 7.80. The standard InChI is InChI=1S/C15H24ClN3/c1-11(2)14-9-12(3)17-15(18-14)19-8-4-5-13(10-19)6-7-16/h9,11,13H,4-8,10H2,1-3H3. The summed E-state index contributed by atoms with van der Waals surface area (Å²) in [6.07, 6.45) is 3.60. The van der Waals surface area contributed by atoms with Crippen LogP contribution in [-0.2, 0) is 0 Å². The van der Waals surface area contributed by atoms with Crippen molar-refractivity contribution >= 4 is 17.5 Å². The highest BCUT2D eigenvalue weighted by molar-refractivity contribution is 6.17. The highest BCUT2D eigenvalue weighted by Gasteiger charge is 2.22. The maximum absolute atomic E-state index is 5.87. The molecule has 0 radical (unpaired) electrons. The van der Waals surface area contributed by atoms with E-state index in [2.05, 4.69) is 36.7 Å². The monoisotopic (exact) mass is 281 g/mol. The number of aromatic nitrogens is 2. The number of hydrogen-bond donors (Lipinski definition) is 0. The van der Waals surface area contributed by atoms with Crippen LogP contribution in [0.4, 0.5) is 5.95 Å². The second-order valence-electron chi connectivity index (χ2n) is 5.82. The van der Waals surface area contributed by atoms with Crippen molar-refractivity contribution in [3.63, 3.8) is 0 Å². The number of aryl methyl sites for hydroxylation is 1. The van der Waals surface area contributed by atoms with E-state index in [1.165, 1.54) is 12.8 Å². The molecule has 1 saturated heterocycles. The Balaban J connectivity index is 2.16. The van der Waals surface area contributed by atoms with Gasteiger partial charge in [-0.25, -0.2) is 9.97 Å². The number of anilines is 1. The van der Waals surface area contributed by atoms with E-state index in [-0.39, 0.29) is 0 Å². The van der Waals surface area contributed by atoms with E-state index in [4.69, 9.17) is 16.6 Å². The number of piperidine rings is 1. The van der Waals surface area contributed by atoms with Crippen LogP contribution in [-0.4, -0.2) is 28.9 Å². The minimum Gasteiger partial charge on any atom is -0.341 e. The Bertz CT molecular complexity index is 418. The summed E-state index contributed by atoms with van der Waals surface area (Å²) in [5.74, 6) is 2.80. The lowest BCUT2D eigenvalue weighted by atomic mass is 9.96. The Labute approximate surface area is 121 Å². The molecule has 0 bridgehead atoms. The van der Waals surface area contributed by atoms with Crippen LogP contribution in [0, 0.1) is 12.8 Å². The van der Waals surface area contributed by atoms with Gasteiger partial charge >= 0.3 is 0 Å². The van der Waals surface area contributed by atoms with E-state index >= 15 is 0 Å². The second-order valence-corrected chi connectivity index (χ2v) is 6.20. The van der Waals surface area contributed by atoms with Gasteiger partial charge in [-0.1, -0.05) is 13.8 Å². The molecule has 3 nitrogen and oxygen atoms in total. The van der Waals surface area contributed by atoms with Crippen molar-refractivity contribution in [1.82, 2.24) is 9.97 Å². The minimum atomic E-state index is 0.448. The second kappa shape index (κ2) is 6.56. The van der Waals surface area contributed by atoms with Gasteiger partial charge in [-0.3, -0.25) is 0 Å². The number of rotatable bonds is 4. The molecule has 0 aromatic carbocycles. The molecule has 2 heterocycles. The maximum Gasteiger partial charge on any atom is 0.225 e. The molecule has 1 atom stereocenters. The van der Waals surface area contributed by atoms with Crippen LogP contribution in [0.3, 0.4) is 0 Å². The lowest BCUT2D eigenvalue weighted by Gasteiger charge is -2.33. The molecule has 1 unspecified atom stereocenters. The predicted octanol–water partition coefficient (Wildman–Crippen LogP) is 3.75. The predicted molar refractivity (Wildman–Crippen MR) is 81.1 cm³/mol. The molecule has 0 amide bonds. The summed E-state index contributed by atoms with van der Waals surface area (Å²) < 4.78 is 0. The molecule has 1 aromatic heterocycles. The van der Waals surface area contributed by atoms with Crippen molar-refractivity contribution in [3.8, 4) is 0 Å². The highest BCUT2D eigenvalue weighted by Crippen LogP contribution is 2.24. The third-order valence-corrected chi connectivity index (χ3v) is 3.99. The van der Waals surface area contributed by atoms with E-state index in [1.54, 1.807) is 0 Å². The first-order valence-electron chi connectivity index (χ1n) is 7.26. The van der Waals surface area contributed by atoms with E-state index in [0.717, 1.165) is 42.7 Å². The molecule has 1 aromatic rings. The van der Waals surface area contributed by atoms with Gasteiger partial charge in [-0.05, 0) is 44.1 Å². The Hall–Kier alpha value is -0.830. The molecule has 0 aliphatic carbocycles. The molecular formula is C15H24ClN3. The fourth-order valence-electron chi connectivity index (χ4n) is 2.65. The van der Waals surface area contributed by atoms with Gasteiger partial charge in [0.25, 0.3) is 0 Å². The zero-order valence-corrected chi connectivity index (χ0v) is 13.0. The molecule has 1 fully saturated rings. The van der Waals surface area contributed by atoms with Crippen molar-refractivity contribution in [2.75, 3.05) is 23.9 Å². The van der Waals surface area contributed by atoms with Crippen molar-refractivity contribution in [2.24, 2.45) is 5.92 Å². The Kier molecular flexibility index (Phi) is 5.03. The summed E-state index contributed by atoms with van der Waals surface area (Å²) >= 11 is 5.87. The summed E-state index contributed by atoms with van der Waals surface area (Å²) in [6.45, 7) is 8.53. The van der Waals surface area contributed by atoms with E-state index in [0.29, 0.717) is 11.8 Å². The molecular weight excluding hydrogens is 258 g/mol. The van der Waals surface area contributed by atoms with Crippen LogP contribution < -0.4 is 4.90 Å². The first-order chi connectivity index (χ1) is 9.10. The number of alkyl halides is 1.